The van der Waals surface area contributed by atoms with Gasteiger partial charge in [0, 0.05) is 18.4 Å². The van der Waals surface area contributed by atoms with Crippen molar-refractivity contribution in [2.45, 2.75) is 32.2 Å². The largest absolute Gasteiger partial charge is 0.351 e. The van der Waals surface area contributed by atoms with E-state index in [-0.39, 0.29) is 0 Å². The molecule has 1 aliphatic rings. The minimum atomic E-state index is 0.637. The van der Waals surface area contributed by atoms with Crippen LogP contribution in [-0.4, -0.2) is 16.0 Å². The van der Waals surface area contributed by atoms with E-state index in [1.807, 2.05) is 12.4 Å². The van der Waals surface area contributed by atoms with E-state index in [0.29, 0.717) is 6.04 Å². The Bertz CT molecular complexity index is 251. The molecule has 1 aromatic heterocycles. The average Bonchev–Trinajstić information content (AvgIpc) is 2.90. The van der Waals surface area contributed by atoms with Gasteiger partial charge in [-0.2, -0.15) is 0 Å². The summed E-state index contributed by atoms with van der Waals surface area (Å²) >= 11 is 0. The van der Waals surface area contributed by atoms with Crippen molar-refractivity contribution in [3.63, 3.8) is 0 Å². The van der Waals surface area contributed by atoms with Gasteiger partial charge in [-0.25, -0.2) is 9.97 Å². The topological polar surface area (TPSA) is 37.8 Å². The van der Waals surface area contributed by atoms with E-state index in [1.54, 1.807) is 0 Å². The van der Waals surface area contributed by atoms with Crippen molar-refractivity contribution in [1.29, 1.82) is 0 Å². The quantitative estimate of drug-likeness (QED) is 0.735. The van der Waals surface area contributed by atoms with Crippen molar-refractivity contribution in [3.05, 3.63) is 18.0 Å². The number of nitrogens with zero attached hydrogens (tertiary/aromatic N) is 2. The van der Waals surface area contributed by atoms with Crippen molar-refractivity contribution in [3.8, 4) is 0 Å². The van der Waals surface area contributed by atoms with Gasteiger partial charge >= 0.3 is 0 Å². The number of hydrogen-bond acceptors (Lipinski definition) is 3. The second kappa shape index (κ2) is 3.09. The second-order valence-electron chi connectivity index (χ2n) is 3.19. The fourth-order valence-corrected chi connectivity index (χ4v) is 1.02. The van der Waals surface area contributed by atoms with Gasteiger partial charge in [0.15, 0.2) is 0 Å². The van der Waals surface area contributed by atoms with E-state index in [2.05, 4.69) is 22.2 Å². The first-order valence-corrected chi connectivity index (χ1v) is 4.46. The maximum Gasteiger partial charge on any atom is 0.222 e. The Kier molecular flexibility index (Phi) is 1.94. The van der Waals surface area contributed by atoms with Crippen molar-refractivity contribution >= 4 is 5.95 Å². The maximum atomic E-state index is 4.21. The van der Waals surface area contributed by atoms with Gasteiger partial charge in [-0.15, -0.1) is 0 Å². The molecule has 0 aliphatic heterocycles. The first kappa shape index (κ1) is 7.53. The number of nitrogens with one attached hydrogen (secondary N) is 1. The summed E-state index contributed by atoms with van der Waals surface area (Å²) < 4.78 is 0. The molecular weight excluding hydrogens is 150 g/mol. The van der Waals surface area contributed by atoms with Crippen LogP contribution >= 0.6 is 0 Å². The zero-order chi connectivity index (χ0) is 8.39. The normalized spacial score (nSPS) is 16.1. The van der Waals surface area contributed by atoms with Crippen LogP contribution in [0, 0.1) is 0 Å². The van der Waals surface area contributed by atoms with Crippen LogP contribution in [0.2, 0.25) is 0 Å². The summed E-state index contributed by atoms with van der Waals surface area (Å²) in [7, 11) is 0. The van der Waals surface area contributed by atoms with E-state index in [0.717, 1.165) is 12.4 Å². The molecule has 1 fully saturated rings. The SMILES string of the molecule is CCc1cnc(NC2CC2)nc1. The van der Waals surface area contributed by atoms with Crippen LogP contribution in [0.1, 0.15) is 25.3 Å². The summed E-state index contributed by atoms with van der Waals surface area (Å²) in [5.41, 5.74) is 1.19. The first-order chi connectivity index (χ1) is 5.88. The van der Waals surface area contributed by atoms with E-state index >= 15 is 0 Å². The number of rotatable bonds is 3. The molecule has 1 N–H and O–H groups in total. The Morgan fingerprint density at radius 2 is 2.08 bits per heavy atom. The van der Waals surface area contributed by atoms with Gasteiger partial charge < -0.3 is 5.32 Å². The van der Waals surface area contributed by atoms with Crippen molar-refractivity contribution < 1.29 is 0 Å². The molecule has 0 bridgehead atoms. The molecule has 1 aromatic rings. The molecule has 64 valence electrons. The van der Waals surface area contributed by atoms with E-state index in [9.17, 15) is 0 Å². The Balaban J connectivity index is 2.02. The molecule has 1 aliphatic carbocycles. The van der Waals surface area contributed by atoms with Gasteiger partial charge in [0.1, 0.15) is 0 Å². The number of anilines is 1. The van der Waals surface area contributed by atoms with E-state index < -0.39 is 0 Å². The average molecular weight is 163 g/mol. The molecule has 0 aromatic carbocycles. The first-order valence-electron chi connectivity index (χ1n) is 4.46. The van der Waals surface area contributed by atoms with Crippen molar-refractivity contribution in [2.24, 2.45) is 0 Å². The third kappa shape index (κ3) is 1.72. The fourth-order valence-electron chi connectivity index (χ4n) is 1.02. The summed E-state index contributed by atoms with van der Waals surface area (Å²) in [6.45, 7) is 2.10. The van der Waals surface area contributed by atoms with Crippen molar-refractivity contribution in [1.82, 2.24) is 9.97 Å². The summed E-state index contributed by atoms with van der Waals surface area (Å²) in [5, 5.41) is 3.24. The predicted octanol–water partition coefficient (Wildman–Crippen LogP) is 1.61. The van der Waals surface area contributed by atoms with Gasteiger partial charge in [0.25, 0.3) is 0 Å². The number of hydrogen-bond donors (Lipinski definition) is 1. The van der Waals surface area contributed by atoms with Gasteiger partial charge in [0.05, 0.1) is 0 Å². The Labute approximate surface area is 72.2 Å². The van der Waals surface area contributed by atoms with Crippen LogP contribution in [0.4, 0.5) is 5.95 Å². The molecular formula is C9H13N3. The van der Waals surface area contributed by atoms with Crippen LogP contribution in [0.15, 0.2) is 12.4 Å². The molecule has 12 heavy (non-hydrogen) atoms. The zero-order valence-electron chi connectivity index (χ0n) is 7.25. The standard InChI is InChI=1S/C9H13N3/c1-2-7-5-10-9(11-6-7)12-8-3-4-8/h5-6,8H,2-4H2,1H3,(H,10,11,12). The number of aromatic nitrogens is 2. The molecule has 0 saturated heterocycles. The fraction of sp³-hybridized carbons (Fsp3) is 0.556. The summed E-state index contributed by atoms with van der Waals surface area (Å²) in [5.74, 6) is 0.773. The van der Waals surface area contributed by atoms with Gasteiger partial charge in [0.2, 0.25) is 5.95 Å². The number of aryl methyl sites for hydroxylation is 1. The molecule has 0 amide bonds. The lowest BCUT2D eigenvalue weighted by molar-refractivity contribution is 1.01. The lowest BCUT2D eigenvalue weighted by Gasteiger charge is -2.01. The second-order valence-corrected chi connectivity index (χ2v) is 3.19. The highest BCUT2D eigenvalue weighted by atomic mass is 15.1. The Morgan fingerprint density at radius 1 is 1.42 bits per heavy atom. The summed E-state index contributed by atoms with van der Waals surface area (Å²) in [6.07, 6.45) is 7.30. The molecule has 1 saturated carbocycles. The van der Waals surface area contributed by atoms with Gasteiger partial charge in [-0.1, -0.05) is 6.92 Å². The maximum absolute atomic E-state index is 4.21. The predicted molar refractivity (Wildman–Crippen MR) is 48.1 cm³/mol. The molecule has 1 heterocycles. The molecule has 3 heteroatoms. The molecule has 0 spiro atoms. The van der Waals surface area contributed by atoms with Gasteiger partial charge in [-0.3, -0.25) is 0 Å². The highest BCUT2D eigenvalue weighted by Crippen LogP contribution is 2.22. The highest BCUT2D eigenvalue weighted by Gasteiger charge is 2.21. The van der Waals surface area contributed by atoms with Crippen LogP contribution in [0.25, 0.3) is 0 Å². The van der Waals surface area contributed by atoms with Crippen LogP contribution in [-0.2, 0) is 6.42 Å². The Morgan fingerprint density at radius 3 is 2.58 bits per heavy atom. The van der Waals surface area contributed by atoms with E-state index in [4.69, 9.17) is 0 Å². The molecule has 0 unspecified atom stereocenters. The monoisotopic (exact) mass is 163 g/mol. The zero-order valence-corrected chi connectivity index (χ0v) is 7.25. The van der Waals surface area contributed by atoms with Crippen LogP contribution in [0.3, 0.4) is 0 Å². The third-order valence-electron chi connectivity index (χ3n) is 2.02. The van der Waals surface area contributed by atoms with Crippen molar-refractivity contribution in [2.75, 3.05) is 5.32 Å². The smallest absolute Gasteiger partial charge is 0.222 e. The summed E-state index contributed by atoms with van der Waals surface area (Å²) in [4.78, 5) is 8.41. The minimum absolute atomic E-state index is 0.637. The lowest BCUT2D eigenvalue weighted by atomic mass is 10.3. The summed E-state index contributed by atoms with van der Waals surface area (Å²) in [6, 6.07) is 0.637. The Hall–Kier alpha value is -1.12. The third-order valence-corrected chi connectivity index (χ3v) is 2.02. The van der Waals surface area contributed by atoms with Crippen LogP contribution in [0.5, 0.6) is 0 Å². The van der Waals surface area contributed by atoms with E-state index in [1.165, 1.54) is 18.4 Å². The molecule has 2 rings (SSSR count). The molecule has 0 atom stereocenters. The molecule has 3 nitrogen and oxygen atoms in total. The minimum Gasteiger partial charge on any atom is -0.351 e. The van der Waals surface area contributed by atoms with Crippen LogP contribution < -0.4 is 5.32 Å². The van der Waals surface area contributed by atoms with Gasteiger partial charge in [-0.05, 0) is 24.8 Å². The lowest BCUT2D eigenvalue weighted by Crippen LogP contribution is -2.05. The molecule has 0 radical (unpaired) electrons. The highest BCUT2D eigenvalue weighted by molar-refractivity contribution is 5.28.